The Labute approximate surface area is 157 Å². The lowest BCUT2D eigenvalue weighted by Gasteiger charge is -2.16. The predicted molar refractivity (Wildman–Crippen MR) is 98.3 cm³/mol. The van der Waals surface area contributed by atoms with Gasteiger partial charge in [0.15, 0.2) is 5.69 Å². The first-order chi connectivity index (χ1) is 13.1. The number of hydrogen-bond acceptors (Lipinski definition) is 3. The van der Waals surface area contributed by atoms with Gasteiger partial charge in [-0.1, -0.05) is 0 Å². The molecule has 0 unspecified atom stereocenters. The van der Waals surface area contributed by atoms with Crippen LogP contribution in [0.2, 0.25) is 0 Å². The summed E-state index contributed by atoms with van der Waals surface area (Å²) in [6, 6.07) is 6.10. The molecule has 7 heteroatoms. The maximum absolute atomic E-state index is 13.2. The fraction of sp³-hybridized carbons (Fsp3) is 0.450. The molecule has 2 amide bonds. The minimum absolute atomic E-state index is 0.00296. The van der Waals surface area contributed by atoms with Gasteiger partial charge in [-0.25, -0.2) is 9.07 Å². The van der Waals surface area contributed by atoms with E-state index in [1.54, 1.807) is 21.7 Å². The maximum atomic E-state index is 13.2. The van der Waals surface area contributed by atoms with Crippen molar-refractivity contribution in [2.24, 2.45) is 0 Å². The first kappa shape index (κ1) is 17.7. The third kappa shape index (κ3) is 3.59. The maximum Gasteiger partial charge on any atom is 0.272 e. The Morgan fingerprint density at radius 2 is 1.74 bits per heavy atom. The summed E-state index contributed by atoms with van der Waals surface area (Å²) in [5.41, 5.74) is 3.06. The Morgan fingerprint density at radius 3 is 2.48 bits per heavy atom. The van der Waals surface area contributed by atoms with Gasteiger partial charge in [0.1, 0.15) is 5.82 Å². The van der Waals surface area contributed by atoms with Crippen LogP contribution in [-0.2, 0) is 17.6 Å². The van der Waals surface area contributed by atoms with Crippen LogP contribution in [0.5, 0.6) is 0 Å². The van der Waals surface area contributed by atoms with Gasteiger partial charge in [0.25, 0.3) is 5.91 Å². The monoisotopic (exact) mass is 370 g/mol. The molecule has 1 N–H and O–H groups in total. The Hall–Kier alpha value is -2.70. The molecule has 2 aliphatic rings. The van der Waals surface area contributed by atoms with Crippen molar-refractivity contribution >= 4 is 11.8 Å². The van der Waals surface area contributed by atoms with E-state index in [0.717, 1.165) is 68.6 Å². The first-order valence-electron chi connectivity index (χ1n) is 9.56. The fourth-order valence-electron chi connectivity index (χ4n) is 3.90. The fourth-order valence-corrected chi connectivity index (χ4v) is 3.90. The van der Waals surface area contributed by atoms with E-state index in [4.69, 9.17) is 0 Å². The molecule has 142 valence electrons. The summed E-state index contributed by atoms with van der Waals surface area (Å²) in [6.07, 6.45) is 5.72. The predicted octanol–water partition coefficient (Wildman–Crippen LogP) is 2.24. The van der Waals surface area contributed by atoms with E-state index in [-0.39, 0.29) is 24.2 Å². The van der Waals surface area contributed by atoms with E-state index in [1.165, 1.54) is 12.1 Å². The van der Waals surface area contributed by atoms with Crippen molar-refractivity contribution in [3.63, 3.8) is 0 Å². The number of nitrogens with one attached hydrogen (secondary N) is 1. The number of rotatable bonds is 4. The number of nitrogens with zero attached hydrogens (tertiary/aromatic N) is 3. The minimum Gasteiger partial charge on any atom is -0.342 e. The third-order valence-electron chi connectivity index (χ3n) is 5.33. The minimum atomic E-state index is -0.318. The summed E-state index contributed by atoms with van der Waals surface area (Å²) in [6.45, 7) is 1.53. The largest absolute Gasteiger partial charge is 0.342 e. The van der Waals surface area contributed by atoms with Crippen molar-refractivity contribution in [3.05, 3.63) is 47.0 Å². The van der Waals surface area contributed by atoms with Gasteiger partial charge in [-0.3, -0.25) is 9.59 Å². The summed E-state index contributed by atoms with van der Waals surface area (Å²) < 4.78 is 15.0. The van der Waals surface area contributed by atoms with Crippen LogP contribution < -0.4 is 5.32 Å². The summed E-state index contributed by atoms with van der Waals surface area (Å²) in [5, 5.41) is 7.26. The molecule has 2 aromatic rings. The third-order valence-corrected chi connectivity index (χ3v) is 5.33. The quantitative estimate of drug-likeness (QED) is 0.898. The van der Waals surface area contributed by atoms with Gasteiger partial charge in [0.2, 0.25) is 5.91 Å². The molecule has 1 aliphatic carbocycles. The summed E-state index contributed by atoms with van der Waals surface area (Å²) in [5.74, 6) is -0.674. The number of likely N-dealkylation sites (tertiary alicyclic amines) is 1. The number of benzene rings is 1. The smallest absolute Gasteiger partial charge is 0.272 e. The van der Waals surface area contributed by atoms with Crippen molar-refractivity contribution in [2.45, 2.75) is 38.5 Å². The Bertz CT molecular complexity index is 854. The van der Waals surface area contributed by atoms with Gasteiger partial charge in [-0.05, 0) is 62.8 Å². The number of carbonyl (C=O) groups is 2. The zero-order valence-electron chi connectivity index (χ0n) is 15.2. The highest BCUT2D eigenvalue weighted by Crippen LogP contribution is 2.27. The van der Waals surface area contributed by atoms with Crippen LogP contribution in [0.15, 0.2) is 24.3 Å². The van der Waals surface area contributed by atoms with Crippen LogP contribution in [0.4, 0.5) is 4.39 Å². The molecule has 0 atom stereocenters. The van der Waals surface area contributed by atoms with E-state index in [1.807, 2.05) is 0 Å². The molecule has 1 fully saturated rings. The van der Waals surface area contributed by atoms with Crippen LogP contribution in [-0.4, -0.2) is 46.1 Å². The summed E-state index contributed by atoms with van der Waals surface area (Å²) in [7, 11) is 0. The zero-order chi connectivity index (χ0) is 18.8. The molecule has 0 saturated carbocycles. The lowest BCUT2D eigenvalue weighted by atomic mass is 9.95. The molecule has 4 rings (SSSR count). The van der Waals surface area contributed by atoms with Gasteiger partial charge in [0.05, 0.1) is 12.2 Å². The van der Waals surface area contributed by atoms with Crippen molar-refractivity contribution in [1.29, 1.82) is 0 Å². The molecule has 0 radical (unpaired) electrons. The summed E-state index contributed by atoms with van der Waals surface area (Å²) >= 11 is 0. The first-order valence-corrected chi connectivity index (χ1v) is 9.56. The molecule has 2 heterocycles. The van der Waals surface area contributed by atoms with Crippen molar-refractivity contribution in [2.75, 3.05) is 19.6 Å². The number of halogens is 1. The Kier molecular flexibility index (Phi) is 4.92. The Morgan fingerprint density at radius 1 is 1.04 bits per heavy atom. The van der Waals surface area contributed by atoms with Crippen LogP contribution in [0.1, 0.15) is 47.4 Å². The lowest BCUT2D eigenvalue weighted by Crippen LogP contribution is -2.39. The van der Waals surface area contributed by atoms with E-state index < -0.39 is 0 Å². The van der Waals surface area contributed by atoms with Gasteiger partial charge in [-0.2, -0.15) is 5.10 Å². The average Bonchev–Trinajstić information content (AvgIpc) is 3.35. The normalized spacial score (nSPS) is 16.3. The average molecular weight is 370 g/mol. The van der Waals surface area contributed by atoms with Crippen molar-refractivity contribution in [1.82, 2.24) is 20.0 Å². The highest BCUT2D eigenvalue weighted by Gasteiger charge is 2.26. The number of aromatic nitrogens is 2. The van der Waals surface area contributed by atoms with Crippen LogP contribution in [0, 0.1) is 5.82 Å². The second kappa shape index (κ2) is 7.50. The lowest BCUT2D eigenvalue weighted by molar-refractivity contribution is -0.129. The molecule has 0 spiro atoms. The van der Waals surface area contributed by atoms with E-state index in [0.29, 0.717) is 5.69 Å². The van der Waals surface area contributed by atoms with Gasteiger partial charge in [-0.15, -0.1) is 0 Å². The zero-order valence-corrected chi connectivity index (χ0v) is 15.2. The molecule has 6 nitrogen and oxygen atoms in total. The highest BCUT2D eigenvalue weighted by atomic mass is 19.1. The van der Waals surface area contributed by atoms with E-state index >= 15 is 0 Å². The van der Waals surface area contributed by atoms with Crippen molar-refractivity contribution < 1.29 is 14.0 Å². The molecular formula is C20H23FN4O2. The van der Waals surface area contributed by atoms with Crippen molar-refractivity contribution in [3.8, 4) is 5.69 Å². The summed E-state index contributed by atoms with van der Waals surface area (Å²) in [4.78, 5) is 26.7. The standard InChI is InChI=1S/C20H23FN4O2/c21-14-7-9-15(10-8-14)25-17-6-2-1-5-16(17)19(23-25)20(27)22-13-18(26)24-11-3-4-12-24/h7-10H,1-6,11-13H2,(H,22,27). The van der Waals surface area contributed by atoms with E-state index in [2.05, 4.69) is 10.4 Å². The molecule has 1 aromatic heterocycles. The Balaban J connectivity index is 1.55. The number of fused-ring (bicyclic) bond motifs is 1. The number of carbonyl (C=O) groups excluding carboxylic acids is 2. The SMILES string of the molecule is O=C(NCC(=O)N1CCCC1)c1nn(-c2ccc(F)cc2)c2c1CCCC2. The van der Waals surface area contributed by atoms with Crippen LogP contribution in [0.25, 0.3) is 5.69 Å². The number of hydrogen-bond donors (Lipinski definition) is 1. The molecule has 1 saturated heterocycles. The molecule has 1 aliphatic heterocycles. The molecule has 1 aromatic carbocycles. The molecule has 27 heavy (non-hydrogen) atoms. The second-order valence-corrected chi connectivity index (χ2v) is 7.14. The van der Waals surface area contributed by atoms with Gasteiger partial charge < -0.3 is 10.2 Å². The van der Waals surface area contributed by atoms with Crippen LogP contribution in [0.3, 0.4) is 0 Å². The van der Waals surface area contributed by atoms with Gasteiger partial charge >= 0.3 is 0 Å². The topological polar surface area (TPSA) is 67.2 Å². The molecule has 0 bridgehead atoms. The number of amides is 2. The molecular weight excluding hydrogens is 347 g/mol. The second-order valence-electron chi connectivity index (χ2n) is 7.14. The highest BCUT2D eigenvalue weighted by molar-refractivity contribution is 5.96. The van der Waals surface area contributed by atoms with E-state index in [9.17, 15) is 14.0 Å². The van der Waals surface area contributed by atoms with Crippen LogP contribution >= 0.6 is 0 Å². The van der Waals surface area contributed by atoms with Gasteiger partial charge in [0, 0.05) is 24.3 Å².